The fraction of sp³-hybridized carbons (Fsp3) is 0.385. The molecular formula is C13H19NO. The summed E-state index contributed by atoms with van der Waals surface area (Å²) in [6.45, 7) is 8.19. The molecule has 0 spiro atoms. The number of nitrogens with two attached hydrogens (primary N) is 1. The van der Waals surface area contributed by atoms with Crippen molar-refractivity contribution in [1.82, 2.24) is 0 Å². The summed E-state index contributed by atoms with van der Waals surface area (Å²) in [5, 5.41) is 9.14. The Balaban J connectivity index is 2.62. The zero-order valence-electron chi connectivity index (χ0n) is 9.40. The van der Waals surface area contributed by atoms with Crippen molar-refractivity contribution < 1.29 is 5.11 Å². The molecule has 0 aromatic heterocycles. The number of rotatable bonds is 4. The molecule has 1 atom stereocenters. The molecule has 1 unspecified atom stereocenters. The van der Waals surface area contributed by atoms with E-state index in [0.717, 1.165) is 17.6 Å². The van der Waals surface area contributed by atoms with Crippen molar-refractivity contribution in [2.75, 3.05) is 0 Å². The average molecular weight is 205 g/mol. The Morgan fingerprint density at radius 2 is 1.87 bits per heavy atom. The third kappa shape index (κ3) is 3.40. The molecule has 82 valence electrons. The molecule has 0 aliphatic heterocycles. The molecule has 0 saturated heterocycles. The van der Waals surface area contributed by atoms with Gasteiger partial charge in [0.1, 0.15) is 5.75 Å². The van der Waals surface area contributed by atoms with E-state index in [1.165, 1.54) is 0 Å². The van der Waals surface area contributed by atoms with Crippen LogP contribution in [0.3, 0.4) is 0 Å². The lowest BCUT2D eigenvalue weighted by atomic mass is 9.93. The van der Waals surface area contributed by atoms with Gasteiger partial charge >= 0.3 is 0 Å². The predicted octanol–water partition coefficient (Wildman–Crippen LogP) is 2.47. The van der Waals surface area contributed by atoms with Crippen molar-refractivity contribution in [3.05, 3.63) is 42.0 Å². The molecule has 3 N–H and O–H groups in total. The molecule has 0 radical (unpaired) electrons. The van der Waals surface area contributed by atoms with Crippen LogP contribution in [0.15, 0.2) is 36.4 Å². The van der Waals surface area contributed by atoms with E-state index in [9.17, 15) is 0 Å². The number of hydrogen-bond acceptors (Lipinski definition) is 2. The van der Waals surface area contributed by atoms with Gasteiger partial charge in [0.2, 0.25) is 0 Å². The zero-order valence-corrected chi connectivity index (χ0v) is 9.40. The molecule has 0 amide bonds. The van der Waals surface area contributed by atoms with Gasteiger partial charge in [-0.25, -0.2) is 0 Å². The number of phenolic OH excluding ortho intramolecular Hbond substituents is 1. The molecule has 1 aromatic rings. The summed E-state index contributed by atoms with van der Waals surface area (Å²) in [6.07, 6.45) is 0.775. The van der Waals surface area contributed by atoms with E-state index in [4.69, 9.17) is 10.8 Å². The second kappa shape index (κ2) is 4.99. The van der Waals surface area contributed by atoms with Crippen LogP contribution in [-0.2, 0) is 6.42 Å². The van der Waals surface area contributed by atoms with Crippen molar-refractivity contribution in [1.29, 1.82) is 0 Å². The van der Waals surface area contributed by atoms with Crippen LogP contribution in [0, 0.1) is 5.92 Å². The van der Waals surface area contributed by atoms with E-state index in [1.807, 2.05) is 12.1 Å². The normalized spacial score (nSPS) is 12.8. The van der Waals surface area contributed by atoms with Crippen molar-refractivity contribution in [3.63, 3.8) is 0 Å². The van der Waals surface area contributed by atoms with Crippen molar-refractivity contribution in [2.24, 2.45) is 11.7 Å². The molecule has 0 aliphatic rings. The standard InChI is InChI=1S/C13H19NO/c1-9(2)10(3)13(14)8-11-4-6-12(15)7-5-11/h4-7,9,13,15H,3,8,14H2,1-2H3. The predicted molar refractivity (Wildman–Crippen MR) is 63.8 cm³/mol. The van der Waals surface area contributed by atoms with Gasteiger partial charge in [-0.2, -0.15) is 0 Å². The van der Waals surface area contributed by atoms with Crippen molar-refractivity contribution in [3.8, 4) is 5.75 Å². The minimum absolute atomic E-state index is 0.00505. The molecule has 2 heteroatoms. The monoisotopic (exact) mass is 205 g/mol. The van der Waals surface area contributed by atoms with Crippen LogP contribution in [0.5, 0.6) is 5.75 Å². The van der Waals surface area contributed by atoms with Crippen LogP contribution >= 0.6 is 0 Å². The van der Waals surface area contributed by atoms with E-state index in [1.54, 1.807) is 12.1 Å². The fourth-order valence-electron chi connectivity index (χ4n) is 1.45. The fourth-order valence-corrected chi connectivity index (χ4v) is 1.45. The number of benzene rings is 1. The SMILES string of the molecule is C=C(C(C)C)C(N)Cc1ccc(O)cc1. The number of hydrogen-bond donors (Lipinski definition) is 2. The summed E-state index contributed by atoms with van der Waals surface area (Å²) in [4.78, 5) is 0. The van der Waals surface area contributed by atoms with Gasteiger partial charge in [0.15, 0.2) is 0 Å². The highest BCUT2D eigenvalue weighted by molar-refractivity contribution is 5.27. The Hall–Kier alpha value is -1.28. The minimum atomic E-state index is -0.00505. The molecule has 2 nitrogen and oxygen atoms in total. The lowest BCUT2D eigenvalue weighted by molar-refractivity contribution is 0.475. The van der Waals surface area contributed by atoms with Crippen molar-refractivity contribution >= 4 is 0 Å². The van der Waals surface area contributed by atoms with E-state index in [-0.39, 0.29) is 11.8 Å². The van der Waals surface area contributed by atoms with Crippen LogP contribution in [0.25, 0.3) is 0 Å². The van der Waals surface area contributed by atoms with Gasteiger partial charge < -0.3 is 10.8 Å². The van der Waals surface area contributed by atoms with Gasteiger partial charge in [0.25, 0.3) is 0 Å². The van der Waals surface area contributed by atoms with E-state index in [0.29, 0.717) is 5.92 Å². The van der Waals surface area contributed by atoms with E-state index < -0.39 is 0 Å². The van der Waals surface area contributed by atoms with Gasteiger partial charge in [-0.1, -0.05) is 38.1 Å². The Kier molecular flexibility index (Phi) is 3.92. The lowest BCUT2D eigenvalue weighted by Crippen LogP contribution is -2.27. The van der Waals surface area contributed by atoms with Crippen LogP contribution in [0.1, 0.15) is 19.4 Å². The highest BCUT2D eigenvalue weighted by atomic mass is 16.3. The van der Waals surface area contributed by atoms with E-state index in [2.05, 4.69) is 20.4 Å². The first-order valence-corrected chi connectivity index (χ1v) is 5.23. The molecule has 0 heterocycles. The maximum atomic E-state index is 9.14. The van der Waals surface area contributed by atoms with Gasteiger partial charge in [-0.3, -0.25) is 0 Å². The average Bonchev–Trinajstić information content (AvgIpc) is 2.20. The molecular weight excluding hydrogens is 186 g/mol. The highest BCUT2D eigenvalue weighted by Crippen LogP contribution is 2.16. The maximum absolute atomic E-state index is 9.14. The summed E-state index contributed by atoms with van der Waals surface area (Å²) in [7, 11) is 0. The summed E-state index contributed by atoms with van der Waals surface area (Å²) < 4.78 is 0. The van der Waals surface area contributed by atoms with Gasteiger partial charge in [0.05, 0.1) is 0 Å². The molecule has 0 aliphatic carbocycles. The van der Waals surface area contributed by atoms with Crippen LogP contribution < -0.4 is 5.73 Å². The van der Waals surface area contributed by atoms with Crippen molar-refractivity contribution in [2.45, 2.75) is 26.3 Å². The van der Waals surface area contributed by atoms with Crippen LogP contribution in [0.4, 0.5) is 0 Å². The smallest absolute Gasteiger partial charge is 0.115 e. The Labute approximate surface area is 91.4 Å². The molecule has 0 bridgehead atoms. The number of aromatic hydroxyl groups is 1. The number of phenols is 1. The molecule has 0 saturated carbocycles. The summed E-state index contributed by atoms with van der Waals surface area (Å²) in [6, 6.07) is 7.14. The maximum Gasteiger partial charge on any atom is 0.115 e. The third-order valence-corrected chi connectivity index (χ3v) is 2.61. The van der Waals surface area contributed by atoms with Crippen LogP contribution in [-0.4, -0.2) is 11.1 Å². The second-order valence-electron chi connectivity index (χ2n) is 4.21. The van der Waals surface area contributed by atoms with E-state index >= 15 is 0 Å². The quantitative estimate of drug-likeness (QED) is 0.742. The lowest BCUT2D eigenvalue weighted by Gasteiger charge is -2.17. The first-order valence-electron chi connectivity index (χ1n) is 5.23. The molecule has 1 rings (SSSR count). The van der Waals surface area contributed by atoms with Gasteiger partial charge in [-0.05, 0) is 30.0 Å². The molecule has 0 fully saturated rings. The molecule has 1 aromatic carbocycles. The Morgan fingerprint density at radius 3 is 2.33 bits per heavy atom. The summed E-state index contributed by atoms with van der Waals surface area (Å²) >= 11 is 0. The third-order valence-electron chi connectivity index (χ3n) is 2.61. The van der Waals surface area contributed by atoms with Gasteiger partial charge in [-0.15, -0.1) is 0 Å². The molecule has 15 heavy (non-hydrogen) atoms. The van der Waals surface area contributed by atoms with Gasteiger partial charge in [0, 0.05) is 6.04 Å². The topological polar surface area (TPSA) is 46.2 Å². The second-order valence-corrected chi connectivity index (χ2v) is 4.21. The van der Waals surface area contributed by atoms with Crippen LogP contribution in [0.2, 0.25) is 0 Å². The highest BCUT2D eigenvalue weighted by Gasteiger charge is 2.11. The first-order chi connectivity index (χ1) is 7.00. The minimum Gasteiger partial charge on any atom is -0.508 e. The Morgan fingerprint density at radius 1 is 1.33 bits per heavy atom. The summed E-state index contributed by atoms with van der Waals surface area (Å²) in [5.74, 6) is 0.701. The summed E-state index contributed by atoms with van der Waals surface area (Å²) in [5.41, 5.74) is 8.23. The first kappa shape index (κ1) is 11.8. The largest absolute Gasteiger partial charge is 0.508 e. The zero-order chi connectivity index (χ0) is 11.4. The Bertz CT molecular complexity index is 327.